The van der Waals surface area contributed by atoms with Crippen LogP contribution in [0.4, 0.5) is 0 Å². The Morgan fingerprint density at radius 2 is 2.00 bits per heavy atom. The van der Waals surface area contributed by atoms with Crippen LogP contribution < -0.4 is 0 Å². The molecule has 0 unspecified atom stereocenters. The number of aliphatic hydroxyl groups is 1. The molecule has 132 valence electrons. The number of fused-ring (bicyclic) bond motifs is 1. The summed E-state index contributed by atoms with van der Waals surface area (Å²) in [6.07, 6.45) is 5.55. The van der Waals surface area contributed by atoms with Crippen LogP contribution in [0.3, 0.4) is 0 Å². The maximum absolute atomic E-state index is 12.7. The van der Waals surface area contributed by atoms with E-state index in [2.05, 4.69) is 0 Å². The first-order valence-corrected chi connectivity index (χ1v) is 9.36. The first-order valence-electron chi connectivity index (χ1n) is 9.36. The Balaban J connectivity index is 1.74. The highest BCUT2D eigenvalue weighted by Gasteiger charge is 2.82. The molecule has 24 heavy (non-hydrogen) atoms. The number of esters is 1. The third-order valence-corrected chi connectivity index (χ3v) is 8.72. The van der Waals surface area contributed by atoms with Crippen molar-refractivity contribution in [2.75, 3.05) is 0 Å². The lowest BCUT2D eigenvalue weighted by Gasteiger charge is -2.43. The zero-order valence-corrected chi connectivity index (χ0v) is 14.4. The minimum Gasteiger partial charge on any atom is -0.481 e. The molecule has 5 heteroatoms. The van der Waals surface area contributed by atoms with Crippen LogP contribution in [0.25, 0.3) is 0 Å². The predicted molar refractivity (Wildman–Crippen MR) is 83.9 cm³/mol. The van der Waals surface area contributed by atoms with Gasteiger partial charge in [0.05, 0.1) is 16.9 Å². The highest BCUT2D eigenvalue weighted by molar-refractivity contribution is 5.84. The van der Waals surface area contributed by atoms with Crippen LogP contribution in [-0.2, 0) is 14.3 Å². The molecule has 2 N–H and O–H groups in total. The molecule has 0 amide bonds. The number of carbonyl (C=O) groups excluding carboxylic acids is 1. The maximum atomic E-state index is 12.7. The van der Waals surface area contributed by atoms with Crippen molar-refractivity contribution in [2.24, 2.45) is 34.5 Å². The summed E-state index contributed by atoms with van der Waals surface area (Å²) in [4.78, 5) is 25.1. The number of ether oxygens (including phenoxy) is 1. The largest absolute Gasteiger partial charge is 0.481 e. The minimum atomic E-state index is -0.795. The fourth-order valence-electron chi connectivity index (χ4n) is 8.13. The molecule has 0 aromatic rings. The van der Waals surface area contributed by atoms with E-state index in [4.69, 9.17) is 4.74 Å². The molecular formula is C19H26O5. The standard InChI is InChI=1S/C19H26O5/c1-16-6-3-7-19(24-15(16)22)11-5-4-10-8-18(11,9-17(10,2)23)12(13(16)19)14(20)21/h10-13,23H,3-9H2,1-2H3,(H,20,21)/t10-,11-,12+,13+,16-,17-,18-,19-/m1/s1. The molecular weight excluding hydrogens is 308 g/mol. The third-order valence-electron chi connectivity index (χ3n) is 8.72. The molecule has 5 aliphatic rings. The lowest BCUT2D eigenvalue weighted by atomic mass is 9.60. The van der Waals surface area contributed by atoms with Gasteiger partial charge in [-0.05, 0) is 70.1 Å². The van der Waals surface area contributed by atoms with E-state index in [1.165, 1.54) is 0 Å². The first-order chi connectivity index (χ1) is 11.2. The van der Waals surface area contributed by atoms with E-state index in [9.17, 15) is 19.8 Å². The minimum absolute atomic E-state index is 0.0902. The Morgan fingerprint density at radius 1 is 1.25 bits per heavy atom. The van der Waals surface area contributed by atoms with Crippen molar-refractivity contribution in [1.29, 1.82) is 0 Å². The second-order valence-corrected chi connectivity index (χ2v) is 9.71. The number of aliphatic carboxylic acids is 1. The van der Waals surface area contributed by atoms with Gasteiger partial charge in [-0.2, -0.15) is 0 Å². The van der Waals surface area contributed by atoms with Gasteiger partial charge in [0.2, 0.25) is 0 Å². The molecule has 0 aromatic heterocycles. The number of hydrogen-bond donors (Lipinski definition) is 2. The summed E-state index contributed by atoms with van der Waals surface area (Å²) in [7, 11) is 0. The molecule has 5 fully saturated rings. The number of hydrogen-bond acceptors (Lipinski definition) is 4. The van der Waals surface area contributed by atoms with Crippen LogP contribution in [0.1, 0.15) is 58.8 Å². The smallest absolute Gasteiger partial charge is 0.312 e. The summed E-state index contributed by atoms with van der Waals surface area (Å²) in [6, 6.07) is 0. The van der Waals surface area contributed by atoms with Gasteiger partial charge in [-0.15, -0.1) is 0 Å². The quantitative estimate of drug-likeness (QED) is 0.719. The number of rotatable bonds is 1. The second kappa shape index (κ2) is 4.00. The Hall–Kier alpha value is -1.10. The van der Waals surface area contributed by atoms with Crippen molar-refractivity contribution >= 4 is 11.9 Å². The number of carbonyl (C=O) groups is 2. The maximum Gasteiger partial charge on any atom is 0.312 e. The average molecular weight is 334 g/mol. The van der Waals surface area contributed by atoms with Crippen molar-refractivity contribution in [3.05, 3.63) is 0 Å². The van der Waals surface area contributed by atoms with Gasteiger partial charge >= 0.3 is 11.9 Å². The molecule has 4 aliphatic carbocycles. The van der Waals surface area contributed by atoms with Gasteiger partial charge in [-0.1, -0.05) is 0 Å². The van der Waals surface area contributed by atoms with Gasteiger partial charge < -0.3 is 14.9 Å². The average Bonchev–Trinajstić information content (AvgIpc) is 2.88. The second-order valence-electron chi connectivity index (χ2n) is 9.71. The van der Waals surface area contributed by atoms with E-state index >= 15 is 0 Å². The lowest BCUT2D eigenvalue weighted by molar-refractivity contribution is -0.160. The zero-order valence-electron chi connectivity index (χ0n) is 14.4. The lowest BCUT2D eigenvalue weighted by Crippen LogP contribution is -2.47. The summed E-state index contributed by atoms with van der Waals surface area (Å²) < 4.78 is 6.08. The first kappa shape index (κ1) is 15.2. The normalized spacial score (nSPS) is 60.5. The molecule has 1 saturated heterocycles. The molecule has 8 atom stereocenters. The van der Waals surface area contributed by atoms with Crippen molar-refractivity contribution in [2.45, 2.75) is 70.0 Å². The molecule has 1 spiro atoms. The molecule has 4 bridgehead atoms. The van der Waals surface area contributed by atoms with Crippen LogP contribution in [0, 0.1) is 34.5 Å². The summed E-state index contributed by atoms with van der Waals surface area (Å²) >= 11 is 0. The molecule has 5 rings (SSSR count). The summed E-state index contributed by atoms with van der Waals surface area (Å²) in [5.41, 5.74) is -2.47. The van der Waals surface area contributed by atoms with Crippen LogP contribution in [0.5, 0.6) is 0 Å². The molecule has 0 radical (unpaired) electrons. The highest BCUT2D eigenvalue weighted by Crippen LogP contribution is 2.78. The Morgan fingerprint density at radius 3 is 2.71 bits per heavy atom. The fraction of sp³-hybridized carbons (Fsp3) is 0.895. The Kier molecular flexibility index (Phi) is 2.53. The van der Waals surface area contributed by atoms with Gasteiger partial charge in [0.25, 0.3) is 0 Å². The molecule has 1 heterocycles. The fourth-order valence-corrected chi connectivity index (χ4v) is 8.13. The van der Waals surface area contributed by atoms with E-state index in [1.54, 1.807) is 0 Å². The number of carboxylic acids is 1. The van der Waals surface area contributed by atoms with E-state index in [1.807, 2.05) is 13.8 Å². The van der Waals surface area contributed by atoms with Crippen molar-refractivity contribution < 1.29 is 24.5 Å². The summed E-state index contributed by atoms with van der Waals surface area (Å²) in [5, 5.41) is 21.1. The number of carboxylic acid groups (broad SMARTS) is 1. The SMILES string of the molecule is C[C@]12CCC[C@@]3(OC1=O)[C@@H]1CC[C@@H]4C[C@]1(C[C@@]4(C)O)[C@H](C(=O)O)[C@H]32. The van der Waals surface area contributed by atoms with Gasteiger partial charge in [-0.25, -0.2) is 0 Å². The molecule has 5 nitrogen and oxygen atoms in total. The monoisotopic (exact) mass is 334 g/mol. The Bertz CT molecular complexity index is 656. The summed E-state index contributed by atoms with van der Waals surface area (Å²) in [6.45, 7) is 3.80. The van der Waals surface area contributed by atoms with Gasteiger partial charge in [0.15, 0.2) is 0 Å². The molecule has 4 saturated carbocycles. The van der Waals surface area contributed by atoms with E-state index < -0.39 is 33.9 Å². The van der Waals surface area contributed by atoms with Crippen LogP contribution in [-0.4, -0.2) is 33.4 Å². The van der Waals surface area contributed by atoms with Gasteiger partial charge in [-0.3, -0.25) is 9.59 Å². The predicted octanol–water partition coefficient (Wildman–Crippen LogP) is 2.36. The van der Waals surface area contributed by atoms with E-state index in [-0.39, 0.29) is 23.7 Å². The van der Waals surface area contributed by atoms with E-state index in [0.29, 0.717) is 6.42 Å². The van der Waals surface area contributed by atoms with Crippen molar-refractivity contribution in [3.63, 3.8) is 0 Å². The highest BCUT2D eigenvalue weighted by atomic mass is 16.6. The van der Waals surface area contributed by atoms with Crippen molar-refractivity contribution in [1.82, 2.24) is 0 Å². The van der Waals surface area contributed by atoms with E-state index in [0.717, 1.165) is 38.5 Å². The Labute approximate surface area is 141 Å². The van der Waals surface area contributed by atoms with Gasteiger partial charge in [0.1, 0.15) is 5.60 Å². The zero-order chi connectivity index (χ0) is 17.1. The topological polar surface area (TPSA) is 83.8 Å². The molecule has 0 aromatic carbocycles. The molecule has 1 aliphatic heterocycles. The van der Waals surface area contributed by atoms with Crippen LogP contribution >= 0.6 is 0 Å². The third kappa shape index (κ3) is 1.36. The summed E-state index contributed by atoms with van der Waals surface area (Å²) in [5.74, 6) is -1.52. The van der Waals surface area contributed by atoms with Gasteiger partial charge in [0, 0.05) is 11.8 Å². The van der Waals surface area contributed by atoms with Crippen molar-refractivity contribution in [3.8, 4) is 0 Å². The van der Waals surface area contributed by atoms with Crippen LogP contribution in [0.15, 0.2) is 0 Å². The van der Waals surface area contributed by atoms with Crippen LogP contribution in [0.2, 0.25) is 0 Å².